The molecule has 0 spiro atoms. The Labute approximate surface area is 198 Å². The number of halogens is 2. The first-order valence-corrected chi connectivity index (χ1v) is 11.6. The largest absolute Gasteiger partial charge is 0.342 e. The van der Waals surface area contributed by atoms with Crippen LogP contribution in [0, 0.1) is 12.8 Å². The van der Waals surface area contributed by atoms with E-state index in [-0.39, 0.29) is 17.9 Å². The molecular weight excluding hydrogens is 447 g/mol. The van der Waals surface area contributed by atoms with Crippen molar-refractivity contribution in [1.82, 2.24) is 10.2 Å². The minimum Gasteiger partial charge on any atom is -0.342 e. The molecule has 3 N–H and O–H groups in total. The summed E-state index contributed by atoms with van der Waals surface area (Å²) in [4.78, 5) is 27.7. The summed E-state index contributed by atoms with van der Waals surface area (Å²) in [6.45, 7) is 5.09. The molecule has 0 aliphatic carbocycles. The zero-order valence-corrected chi connectivity index (χ0v) is 19.9. The quantitative estimate of drug-likeness (QED) is 0.567. The Morgan fingerprint density at radius 1 is 1.12 bits per heavy atom. The average molecular weight is 475 g/mol. The second-order valence-electron chi connectivity index (χ2n) is 8.88. The summed E-state index contributed by atoms with van der Waals surface area (Å²) >= 11 is 12.1. The number of nitrogens with zero attached hydrogens (tertiary/aromatic N) is 1. The molecule has 4 unspecified atom stereocenters. The number of carbonyl (C=O) groups excluding carboxylic acids is 2. The van der Waals surface area contributed by atoms with Crippen molar-refractivity contribution in [1.29, 1.82) is 0 Å². The molecule has 4 atom stereocenters. The van der Waals surface area contributed by atoms with Gasteiger partial charge in [0.2, 0.25) is 5.91 Å². The van der Waals surface area contributed by atoms with Gasteiger partial charge in [-0.05, 0) is 74.1 Å². The van der Waals surface area contributed by atoms with Crippen LogP contribution in [-0.4, -0.2) is 42.5 Å². The highest BCUT2D eigenvalue weighted by atomic mass is 35.5. The number of likely N-dealkylation sites (N-methyl/N-ethyl adjacent to an activating group) is 1. The molecule has 3 amide bonds. The van der Waals surface area contributed by atoms with Crippen molar-refractivity contribution in [3.8, 4) is 0 Å². The molecule has 2 aromatic carbocycles. The van der Waals surface area contributed by atoms with Gasteiger partial charge in [-0.1, -0.05) is 29.3 Å². The third-order valence-electron chi connectivity index (χ3n) is 6.64. The predicted molar refractivity (Wildman–Crippen MR) is 130 cm³/mol. The first kappa shape index (κ1) is 22.9. The zero-order valence-electron chi connectivity index (χ0n) is 18.4. The standard InChI is InChI=1S/C24H28Cl2N4O2/c1-13-4-6-17(28-24(32)29-21-7-5-16(25)10-20(21)26)11-18(13)19-9-15-12-27-14(2)8-22(15)30(3)23(19)31/h4-7,10-11,14-15,19,22,27H,8-9,12H2,1-3H3,(H2,28,29,32). The number of amides is 3. The third kappa shape index (κ3) is 4.72. The first-order valence-electron chi connectivity index (χ1n) is 10.9. The molecule has 2 aliphatic rings. The van der Waals surface area contributed by atoms with E-state index in [2.05, 4.69) is 22.9 Å². The number of hydrogen-bond donors (Lipinski definition) is 3. The maximum Gasteiger partial charge on any atom is 0.323 e. The lowest BCUT2D eigenvalue weighted by Gasteiger charge is -2.47. The SMILES string of the molecule is Cc1ccc(NC(=O)Nc2ccc(Cl)cc2Cl)cc1C1CC2CNC(C)CC2N(C)C1=O. The smallest absolute Gasteiger partial charge is 0.323 e. The van der Waals surface area contributed by atoms with Crippen LogP contribution < -0.4 is 16.0 Å². The maximum absolute atomic E-state index is 13.3. The zero-order chi connectivity index (χ0) is 23.0. The van der Waals surface area contributed by atoms with Crippen LogP contribution >= 0.6 is 23.2 Å². The number of anilines is 2. The van der Waals surface area contributed by atoms with E-state index in [1.54, 1.807) is 18.2 Å². The van der Waals surface area contributed by atoms with E-state index in [0.717, 1.165) is 30.5 Å². The minimum absolute atomic E-state index is 0.151. The lowest BCUT2D eigenvalue weighted by molar-refractivity contribution is -0.140. The molecule has 0 radical (unpaired) electrons. The number of carbonyl (C=O) groups is 2. The summed E-state index contributed by atoms with van der Waals surface area (Å²) in [7, 11) is 1.92. The van der Waals surface area contributed by atoms with E-state index in [0.29, 0.717) is 33.4 Å². The van der Waals surface area contributed by atoms with Gasteiger partial charge in [-0.3, -0.25) is 4.79 Å². The monoisotopic (exact) mass is 474 g/mol. The van der Waals surface area contributed by atoms with Gasteiger partial charge in [0, 0.05) is 36.4 Å². The lowest BCUT2D eigenvalue weighted by Crippen LogP contribution is -2.57. The van der Waals surface area contributed by atoms with Crippen LogP contribution in [0.1, 0.15) is 36.8 Å². The van der Waals surface area contributed by atoms with Gasteiger partial charge in [0.05, 0.1) is 16.6 Å². The molecule has 6 nitrogen and oxygen atoms in total. The molecule has 2 heterocycles. The Bertz CT molecular complexity index is 1040. The molecule has 0 aromatic heterocycles. The number of hydrogen-bond acceptors (Lipinski definition) is 3. The van der Waals surface area contributed by atoms with Gasteiger partial charge < -0.3 is 20.9 Å². The summed E-state index contributed by atoms with van der Waals surface area (Å²) in [6, 6.07) is 10.9. The van der Waals surface area contributed by atoms with E-state index in [1.165, 1.54) is 0 Å². The molecule has 8 heteroatoms. The summed E-state index contributed by atoms with van der Waals surface area (Å²) in [6.07, 6.45) is 1.79. The van der Waals surface area contributed by atoms with Gasteiger partial charge >= 0.3 is 6.03 Å². The molecule has 2 aliphatic heterocycles. The topological polar surface area (TPSA) is 73.5 Å². The second-order valence-corrected chi connectivity index (χ2v) is 9.73. The van der Waals surface area contributed by atoms with E-state index in [9.17, 15) is 9.59 Å². The van der Waals surface area contributed by atoms with Crippen molar-refractivity contribution in [2.24, 2.45) is 5.92 Å². The number of piperidine rings is 2. The first-order chi connectivity index (χ1) is 15.2. The van der Waals surface area contributed by atoms with Crippen molar-refractivity contribution in [3.05, 3.63) is 57.6 Å². The van der Waals surface area contributed by atoms with Gasteiger partial charge in [0.25, 0.3) is 0 Å². The number of fused-ring (bicyclic) bond motifs is 1. The van der Waals surface area contributed by atoms with E-state index < -0.39 is 6.03 Å². The highest BCUT2D eigenvalue weighted by Crippen LogP contribution is 2.39. The Morgan fingerprint density at radius 2 is 1.91 bits per heavy atom. The van der Waals surface area contributed by atoms with Crippen LogP contribution in [-0.2, 0) is 4.79 Å². The van der Waals surface area contributed by atoms with Crippen LogP contribution in [0.4, 0.5) is 16.2 Å². The van der Waals surface area contributed by atoms with Crippen molar-refractivity contribution >= 4 is 46.5 Å². The van der Waals surface area contributed by atoms with Crippen LogP contribution in [0.2, 0.25) is 10.0 Å². The number of nitrogens with one attached hydrogen (secondary N) is 3. The molecule has 32 heavy (non-hydrogen) atoms. The molecule has 170 valence electrons. The van der Waals surface area contributed by atoms with Crippen molar-refractivity contribution < 1.29 is 9.59 Å². The molecule has 2 fully saturated rings. The summed E-state index contributed by atoms with van der Waals surface area (Å²) < 4.78 is 0. The Morgan fingerprint density at radius 3 is 2.66 bits per heavy atom. The van der Waals surface area contributed by atoms with Crippen molar-refractivity contribution in [2.45, 2.75) is 44.7 Å². The Kier molecular flexibility index (Phi) is 6.65. The number of urea groups is 1. The molecule has 2 aromatic rings. The molecular formula is C24H28Cl2N4O2. The summed E-state index contributed by atoms with van der Waals surface area (Å²) in [5, 5.41) is 9.99. The molecule has 2 saturated heterocycles. The maximum atomic E-state index is 13.3. The van der Waals surface area contributed by atoms with Gasteiger partial charge in [0.1, 0.15) is 0 Å². The molecule has 0 bridgehead atoms. The van der Waals surface area contributed by atoms with Crippen LogP contribution in [0.25, 0.3) is 0 Å². The van der Waals surface area contributed by atoms with E-state index in [1.807, 2.05) is 37.1 Å². The number of likely N-dealkylation sites (tertiary alicyclic amines) is 1. The fourth-order valence-electron chi connectivity index (χ4n) is 4.88. The normalized spacial score (nSPS) is 25.3. The fraction of sp³-hybridized carbons (Fsp3) is 0.417. The molecule has 4 rings (SSSR count). The summed E-state index contributed by atoms with van der Waals surface area (Å²) in [5.41, 5.74) is 3.09. The third-order valence-corrected chi connectivity index (χ3v) is 7.19. The van der Waals surface area contributed by atoms with Crippen LogP contribution in [0.15, 0.2) is 36.4 Å². The predicted octanol–water partition coefficient (Wildman–Crippen LogP) is 5.26. The van der Waals surface area contributed by atoms with Gasteiger partial charge in [-0.25, -0.2) is 4.79 Å². The second kappa shape index (κ2) is 9.30. The van der Waals surface area contributed by atoms with Crippen molar-refractivity contribution in [2.75, 3.05) is 24.2 Å². The van der Waals surface area contributed by atoms with Crippen LogP contribution in [0.5, 0.6) is 0 Å². The van der Waals surface area contributed by atoms with E-state index >= 15 is 0 Å². The average Bonchev–Trinajstić information content (AvgIpc) is 2.74. The fourth-order valence-corrected chi connectivity index (χ4v) is 5.34. The van der Waals surface area contributed by atoms with Crippen molar-refractivity contribution in [3.63, 3.8) is 0 Å². The van der Waals surface area contributed by atoms with Gasteiger partial charge in [0.15, 0.2) is 0 Å². The van der Waals surface area contributed by atoms with Gasteiger partial charge in [-0.15, -0.1) is 0 Å². The summed E-state index contributed by atoms with van der Waals surface area (Å²) in [5.74, 6) is 0.357. The minimum atomic E-state index is -0.415. The number of rotatable bonds is 3. The highest BCUT2D eigenvalue weighted by Gasteiger charge is 2.43. The Hall–Kier alpha value is -2.28. The highest BCUT2D eigenvalue weighted by molar-refractivity contribution is 6.36. The lowest BCUT2D eigenvalue weighted by atomic mass is 9.75. The van der Waals surface area contributed by atoms with Crippen LogP contribution in [0.3, 0.4) is 0 Å². The Balaban J connectivity index is 1.51. The van der Waals surface area contributed by atoms with Gasteiger partial charge in [-0.2, -0.15) is 0 Å². The number of aryl methyl sites for hydroxylation is 1. The molecule has 0 saturated carbocycles. The number of benzene rings is 2. The van der Waals surface area contributed by atoms with E-state index in [4.69, 9.17) is 23.2 Å².